The SMILES string of the molecule is C=C([O-])C(F)(F)F.CC(C)(C)OC(=O)N1CCC(c2ccccc2C(=O)N2CC(N3CCN(C(=O)c4ccccc4)CC3)C2)C1.ClCl.O=C(c1ccccc1)N1CCN(C2CN(C(=O)c3ccccc3C3CCNC3)C2)CC1. The number of likely N-dealkylation sites (tertiary alicyclic amines) is 3. The van der Waals surface area contributed by atoms with Crippen LogP contribution in [0.5, 0.6) is 0 Å². The quantitative estimate of drug-likeness (QED) is 0.175. The van der Waals surface area contributed by atoms with Gasteiger partial charge in [0.15, 0.2) is 0 Å². The summed E-state index contributed by atoms with van der Waals surface area (Å²) in [6.07, 6.45) is -3.13. The lowest BCUT2D eigenvalue weighted by molar-refractivity contribution is -0.359. The van der Waals surface area contributed by atoms with Gasteiger partial charge in [0.1, 0.15) is 5.60 Å². The molecule has 0 spiro atoms. The highest BCUT2D eigenvalue weighted by Gasteiger charge is 2.41. The van der Waals surface area contributed by atoms with Gasteiger partial charge in [-0.05, 0) is 99.4 Å². The van der Waals surface area contributed by atoms with Crippen LogP contribution in [0.2, 0.25) is 0 Å². The molecule has 6 saturated heterocycles. The van der Waals surface area contributed by atoms with Gasteiger partial charge in [0.2, 0.25) is 0 Å². The number of halogens is 5. The maximum Gasteiger partial charge on any atom is 0.410 e. The van der Waals surface area contributed by atoms with Crippen molar-refractivity contribution in [3.8, 4) is 0 Å². The van der Waals surface area contributed by atoms with E-state index in [0.717, 1.165) is 106 Å². The zero-order chi connectivity index (χ0) is 56.1. The van der Waals surface area contributed by atoms with Crippen LogP contribution >= 0.6 is 21.7 Å². The number of alkyl halides is 3. The molecule has 4 aromatic carbocycles. The second kappa shape index (κ2) is 27.1. The second-order valence-electron chi connectivity index (χ2n) is 21.3. The predicted molar refractivity (Wildman–Crippen MR) is 292 cm³/mol. The fourth-order valence-corrected chi connectivity index (χ4v) is 10.7. The fourth-order valence-electron chi connectivity index (χ4n) is 10.7. The first-order chi connectivity index (χ1) is 37.3. The van der Waals surface area contributed by atoms with Gasteiger partial charge in [0, 0.05) is 160 Å². The van der Waals surface area contributed by atoms with Crippen LogP contribution in [-0.4, -0.2) is 193 Å². The van der Waals surface area contributed by atoms with E-state index in [1.54, 1.807) is 4.90 Å². The first kappa shape index (κ1) is 59.5. The van der Waals surface area contributed by atoms with Crippen LogP contribution < -0.4 is 10.4 Å². The summed E-state index contributed by atoms with van der Waals surface area (Å²) in [5, 5.41) is 12.6. The number of nitrogens with one attached hydrogen (secondary N) is 1. The zero-order valence-corrected chi connectivity index (χ0v) is 46.0. The van der Waals surface area contributed by atoms with Crippen molar-refractivity contribution in [1.29, 1.82) is 0 Å². The number of amides is 5. The molecule has 420 valence electrons. The molecule has 15 nitrogen and oxygen atoms in total. The monoisotopic (exact) mass is 1120 g/mol. The molecular formula is C58H70Cl2F3N8O7-. The number of allylic oxidation sites excluding steroid dienone is 1. The summed E-state index contributed by atoms with van der Waals surface area (Å²) in [4.78, 5) is 78.9. The molecule has 6 heterocycles. The summed E-state index contributed by atoms with van der Waals surface area (Å²) in [5.41, 5.74) is 4.77. The molecule has 20 heteroatoms. The lowest BCUT2D eigenvalue weighted by atomic mass is 9.92. The number of piperazine rings is 2. The van der Waals surface area contributed by atoms with E-state index in [-0.39, 0.29) is 35.6 Å². The number of rotatable bonds is 8. The van der Waals surface area contributed by atoms with E-state index in [0.29, 0.717) is 57.3 Å². The van der Waals surface area contributed by atoms with Crippen LogP contribution in [0.4, 0.5) is 18.0 Å². The van der Waals surface area contributed by atoms with Crippen LogP contribution in [0.25, 0.3) is 0 Å². The van der Waals surface area contributed by atoms with Gasteiger partial charge in [-0.2, -0.15) is 13.2 Å². The van der Waals surface area contributed by atoms with E-state index in [9.17, 15) is 42.3 Å². The van der Waals surface area contributed by atoms with E-state index in [1.165, 1.54) is 5.56 Å². The molecule has 6 aliphatic heterocycles. The number of carbonyl (C=O) groups excluding carboxylic acids is 5. The summed E-state index contributed by atoms with van der Waals surface area (Å²) in [6, 6.07) is 35.6. The second-order valence-corrected chi connectivity index (χ2v) is 21.3. The van der Waals surface area contributed by atoms with Crippen molar-refractivity contribution in [2.45, 2.75) is 69.3 Å². The summed E-state index contributed by atoms with van der Waals surface area (Å²) in [5.74, 6) is -1.02. The van der Waals surface area contributed by atoms with Gasteiger partial charge in [0.05, 0.1) is 0 Å². The molecule has 5 amide bonds. The minimum Gasteiger partial charge on any atom is -0.870 e. The van der Waals surface area contributed by atoms with Gasteiger partial charge in [-0.15, -0.1) is 6.58 Å². The predicted octanol–water partition coefficient (Wildman–Crippen LogP) is 7.54. The Hall–Kier alpha value is -6.18. The van der Waals surface area contributed by atoms with Crippen LogP contribution in [0.3, 0.4) is 0 Å². The Morgan fingerprint density at radius 2 is 0.936 bits per heavy atom. The molecule has 0 radical (unpaired) electrons. The largest absolute Gasteiger partial charge is 0.870 e. The van der Waals surface area contributed by atoms with Crippen molar-refractivity contribution < 1.29 is 47.0 Å². The summed E-state index contributed by atoms with van der Waals surface area (Å²) in [6.45, 7) is 20.2. The number of benzene rings is 4. The van der Waals surface area contributed by atoms with Crippen LogP contribution in [0.15, 0.2) is 122 Å². The molecule has 1 N–H and O–H groups in total. The van der Waals surface area contributed by atoms with Gasteiger partial charge in [0.25, 0.3) is 23.6 Å². The normalized spacial score (nSPS) is 20.1. The summed E-state index contributed by atoms with van der Waals surface area (Å²) in [7, 11) is 8.22. The first-order valence-corrected chi connectivity index (χ1v) is 27.7. The number of hydrogen-bond acceptors (Lipinski definition) is 10. The molecule has 78 heavy (non-hydrogen) atoms. The van der Waals surface area contributed by atoms with Gasteiger partial charge in [-0.1, -0.05) is 72.8 Å². The van der Waals surface area contributed by atoms with Crippen molar-refractivity contribution in [2.24, 2.45) is 0 Å². The Kier molecular flexibility index (Phi) is 20.7. The highest BCUT2D eigenvalue weighted by Crippen LogP contribution is 2.33. The smallest absolute Gasteiger partial charge is 0.410 e. The average Bonchev–Trinajstić information content (AvgIpc) is 4.26. The van der Waals surface area contributed by atoms with E-state index < -0.39 is 17.5 Å². The minimum absolute atomic E-state index is 0.0606. The van der Waals surface area contributed by atoms with Crippen molar-refractivity contribution in [1.82, 2.24) is 39.6 Å². The summed E-state index contributed by atoms with van der Waals surface area (Å²) >= 11 is 0. The van der Waals surface area contributed by atoms with Crippen molar-refractivity contribution >= 4 is 51.4 Å². The minimum atomic E-state index is -4.75. The number of nitrogens with zero attached hydrogens (tertiary/aromatic N) is 7. The molecule has 0 aromatic heterocycles. The molecule has 0 aliphatic carbocycles. The molecular weight excluding hydrogens is 1050 g/mol. The van der Waals surface area contributed by atoms with Crippen LogP contribution in [-0.2, 0) is 4.74 Å². The third-order valence-corrected chi connectivity index (χ3v) is 15.1. The molecule has 6 fully saturated rings. The fraction of sp³-hybridized carbons (Fsp3) is 0.466. The number of carbonyl (C=O) groups is 5. The highest BCUT2D eigenvalue weighted by atomic mass is 36.5. The molecule has 0 saturated carbocycles. The van der Waals surface area contributed by atoms with E-state index in [1.807, 2.05) is 143 Å². The van der Waals surface area contributed by atoms with E-state index in [4.69, 9.17) is 4.74 Å². The molecule has 6 aliphatic rings. The Bertz CT molecular complexity index is 2670. The van der Waals surface area contributed by atoms with Crippen LogP contribution in [0.1, 0.15) is 98.0 Å². The van der Waals surface area contributed by atoms with Gasteiger partial charge < -0.3 is 39.7 Å². The summed E-state index contributed by atoms with van der Waals surface area (Å²) < 4.78 is 37.8. The van der Waals surface area contributed by atoms with E-state index in [2.05, 4.69) is 49.5 Å². The molecule has 0 bridgehead atoms. The molecule has 4 aromatic rings. The van der Waals surface area contributed by atoms with Crippen LogP contribution in [0, 0.1) is 0 Å². The standard InChI is InChI=1S/C30H38N4O4.C25H30N4O2.C3H3F3O.Cl2/c1-30(2,3)38-29(37)33-14-13-23(19-33)25-11-7-8-12-26(25)28(36)34-20-24(21-34)31-15-17-32(18-16-31)27(35)22-9-5-4-6-10-22;30-24(19-6-2-1-3-7-19)28-14-12-27(13-15-28)21-17-29(18-21)25(31)23-9-5-4-8-22(23)20-10-11-26-16-20;1-2(7)3(4,5)6;1-2/h4-12,23-24H,13-21H2,1-3H3;1-9,20-21,26H,10-18H2;7H,1H2;/p-1. The Morgan fingerprint density at radius 3 is 1.32 bits per heavy atom. The molecule has 2 unspecified atom stereocenters. The third kappa shape index (κ3) is 15.3. The van der Waals surface area contributed by atoms with E-state index >= 15 is 0 Å². The maximum atomic E-state index is 13.5. The lowest BCUT2D eigenvalue weighted by Gasteiger charge is -2.48. The Labute approximate surface area is 465 Å². The van der Waals surface area contributed by atoms with Gasteiger partial charge in [-0.25, -0.2) is 4.79 Å². The Balaban J connectivity index is 0.000000199. The molecule has 2 atom stereocenters. The van der Waals surface area contributed by atoms with Gasteiger partial charge in [-0.3, -0.25) is 29.0 Å². The maximum absolute atomic E-state index is 13.5. The number of hydrogen-bond donors (Lipinski definition) is 1. The van der Waals surface area contributed by atoms with Crippen molar-refractivity contribution in [3.05, 3.63) is 155 Å². The van der Waals surface area contributed by atoms with Crippen molar-refractivity contribution in [3.63, 3.8) is 0 Å². The average molecular weight is 1120 g/mol. The zero-order valence-electron chi connectivity index (χ0n) is 44.5. The topological polar surface area (TPSA) is 152 Å². The Morgan fingerprint density at radius 1 is 0.538 bits per heavy atom. The van der Waals surface area contributed by atoms with Crippen molar-refractivity contribution in [2.75, 3.05) is 105 Å². The van der Waals surface area contributed by atoms with Gasteiger partial charge >= 0.3 is 12.3 Å². The third-order valence-electron chi connectivity index (χ3n) is 15.1. The first-order valence-electron chi connectivity index (χ1n) is 26.5. The molecule has 10 rings (SSSR count). The number of ether oxygens (including phenoxy) is 1. The lowest BCUT2D eigenvalue weighted by Crippen LogP contribution is -2.64. The highest BCUT2D eigenvalue weighted by molar-refractivity contribution is 6.85.